The lowest BCUT2D eigenvalue weighted by molar-refractivity contribution is -0.131. The number of hydrogen-bond acceptors (Lipinski definition) is 5. The molecule has 0 saturated heterocycles. The van der Waals surface area contributed by atoms with Crippen LogP contribution in [-0.2, 0) is 4.79 Å². The van der Waals surface area contributed by atoms with Gasteiger partial charge in [0.1, 0.15) is 5.39 Å². The molecule has 0 N–H and O–H groups in total. The fourth-order valence-electron chi connectivity index (χ4n) is 3.69. The Hall–Kier alpha value is -2.32. The third kappa shape index (κ3) is 3.86. The van der Waals surface area contributed by atoms with Gasteiger partial charge >= 0.3 is 0 Å². The molecule has 3 aromatic rings. The number of fused-ring (bicyclic) bond motifs is 2. The van der Waals surface area contributed by atoms with Crippen molar-refractivity contribution in [3.8, 4) is 5.69 Å². The van der Waals surface area contributed by atoms with E-state index in [-0.39, 0.29) is 17.5 Å². The van der Waals surface area contributed by atoms with Crippen LogP contribution in [0.4, 0.5) is 0 Å². The van der Waals surface area contributed by atoms with Gasteiger partial charge in [-0.2, -0.15) is 5.10 Å². The Morgan fingerprint density at radius 2 is 2.07 bits per heavy atom. The minimum absolute atomic E-state index is 0.0910. The van der Waals surface area contributed by atoms with E-state index in [1.54, 1.807) is 27.6 Å². The third-order valence-electron chi connectivity index (χ3n) is 5.37. The average Bonchev–Trinajstić information content (AvgIpc) is 3.34. The van der Waals surface area contributed by atoms with E-state index in [9.17, 15) is 9.59 Å². The van der Waals surface area contributed by atoms with E-state index in [2.05, 4.69) is 12.0 Å². The van der Waals surface area contributed by atoms with Crippen molar-refractivity contribution in [2.45, 2.75) is 44.3 Å². The molecule has 1 aliphatic rings. The lowest BCUT2D eigenvalue weighted by atomic mass is 10.2. The molecule has 1 amide bonds. The molecule has 0 radical (unpaired) electrons. The summed E-state index contributed by atoms with van der Waals surface area (Å²) in [5, 5.41) is 6.09. The lowest BCUT2D eigenvalue weighted by Crippen LogP contribution is -2.35. The van der Waals surface area contributed by atoms with Crippen LogP contribution in [0, 0.1) is 0 Å². The van der Waals surface area contributed by atoms with Crippen molar-refractivity contribution in [2.24, 2.45) is 0 Å². The highest BCUT2D eigenvalue weighted by Crippen LogP contribution is 2.33. The molecule has 1 unspecified atom stereocenters. The number of unbranched alkanes of at least 4 members (excludes halogenated alkanes) is 1. The highest BCUT2D eigenvalue weighted by Gasteiger charge is 2.30. The number of thioether (sulfide) groups is 1. The van der Waals surface area contributed by atoms with Gasteiger partial charge in [0, 0.05) is 30.3 Å². The molecule has 9 heteroatoms. The zero-order valence-electron chi connectivity index (χ0n) is 17.0. The average molecular weight is 446 g/mol. The number of hydrogen-bond donors (Lipinski definition) is 0. The van der Waals surface area contributed by atoms with Crippen molar-refractivity contribution < 1.29 is 4.79 Å². The Morgan fingerprint density at radius 3 is 2.77 bits per heavy atom. The van der Waals surface area contributed by atoms with E-state index in [0.717, 1.165) is 25.1 Å². The van der Waals surface area contributed by atoms with Crippen LogP contribution >= 0.6 is 23.4 Å². The van der Waals surface area contributed by atoms with E-state index in [1.807, 2.05) is 24.0 Å². The van der Waals surface area contributed by atoms with Gasteiger partial charge in [-0.3, -0.25) is 14.2 Å². The minimum Gasteiger partial charge on any atom is -0.343 e. The van der Waals surface area contributed by atoms with Crippen molar-refractivity contribution >= 4 is 40.3 Å². The predicted octanol–water partition coefficient (Wildman–Crippen LogP) is 3.92. The number of carbonyl (C=O) groups is 1. The van der Waals surface area contributed by atoms with Crippen molar-refractivity contribution in [2.75, 3.05) is 18.8 Å². The van der Waals surface area contributed by atoms with Crippen LogP contribution < -0.4 is 5.56 Å². The Labute approximate surface area is 184 Å². The first-order valence-electron chi connectivity index (χ1n) is 10.2. The zero-order chi connectivity index (χ0) is 21.3. The molecule has 1 atom stereocenters. The Morgan fingerprint density at radius 1 is 1.30 bits per heavy atom. The maximum Gasteiger partial charge on any atom is 0.265 e. The van der Waals surface area contributed by atoms with E-state index in [4.69, 9.17) is 16.6 Å². The molecule has 158 valence electrons. The van der Waals surface area contributed by atoms with Crippen molar-refractivity contribution in [3.05, 3.63) is 45.8 Å². The van der Waals surface area contributed by atoms with Crippen LogP contribution in [0.5, 0.6) is 0 Å². The molecule has 0 bridgehead atoms. The predicted molar refractivity (Wildman–Crippen MR) is 120 cm³/mol. The summed E-state index contributed by atoms with van der Waals surface area (Å²) in [5.41, 5.74) is 1.16. The molecule has 2 aromatic heterocycles. The first-order valence-corrected chi connectivity index (χ1v) is 11.6. The lowest BCUT2D eigenvalue weighted by Gasteiger charge is -2.23. The summed E-state index contributed by atoms with van der Waals surface area (Å²) >= 11 is 7.49. The second-order valence-corrected chi connectivity index (χ2v) is 8.76. The van der Waals surface area contributed by atoms with E-state index < -0.39 is 0 Å². The molecule has 1 aromatic carbocycles. The van der Waals surface area contributed by atoms with Crippen LogP contribution in [0.25, 0.3) is 16.7 Å². The normalized spacial score (nSPS) is 15.5. The number of halogens is 1. The van der Waals surface area contributed by atoms with E-state index in [0.29, 0.717) is 39.9 Å². The number of aromatic nitrogens is 4. The molecular formula is C21H24ClN5O2S. The summed E-state index contributed by atoms with van der Waals surface area (Å²) in [5.74, 6) is 0.758. The summed E-state index contributed by atoms with van der Waals surface area (Å²) in [6.45, 7) is 5.56. The van der Waals surface area contributed by atoms with Crippen molar-refractivity contribution in [1.29, 1.82) is 0 Å². The van der Waals surface area contributed by atoms with Crippen LogP contribution in [0.2, 0.25) is 5.02 Å². The van der Waals surface area contributed by atoms with E-state index in [1.165, 1.54) is 11.8 Å². The van der Waals surface area contributed by atoms with Gasteiger partial charge in [0.05, 0.1) is 17.9 Å². The molecule has 0 saturated carbocycles. The van der Waals surface area contributed by atoms with Gasteiger partial charge in [0.25, 0.3) is 5.56 Å². The highest BCUT2D eigenvalue weighted by atomic mass is 35.5. The van der Waals surface area contributed by atoms with Gasteiger partial charge in [0.2, 0.25) is 5.91 Å². The number of rotatable bonds is 7. The topological polar surface area (TPSA) is 73.0 Å². The molecule has 7 nitrogen and oxygen atoms in total. The fourth-order valence-corrected chi connectivity index (χ4v) is 4.95. The Kier molecular flexibility index (Phi) is 6.15. The standard InChI is InChI=1S/C21H24ClN5O2S/c1-3-5-10-25(4-2)18(28)11-16-13-30-21-24-19-17(20(29)26(16)21)12-23-27(19)15-8-6-14(22)7-9-15/h6-9,12,16H,3-5,10-11,13H2,1-2H3. The fraction of sp³-hybridized carbons (Fsp3) is 0.429. The molecule has 0 spiro atoms. The van der Waals surface area contributed by atoms with Crippen LogP contribution in [-0.4, -0.2) is 49.0 Å². The first kappa shape index (κ1) is 20.9. The number of nitrogens with zero attached hydrogens (tertiary/aromatic N) is 5. The smallest absolute Gasteiger partial charge is 0.265 e. The summed E-state index contributed by atoms with van der Waals surface area (Å²) in [7, 11) is 0. The van der Waals surface area contributed by atoms with Gasteiger partial charge < -0.3 is 4.90 Å². The number of benzene rings is 1. The molecular weight excluding hydrogens is 422 g/mol. The first-order chi connectivity index (χ1) is 14.5. The number of amides is 1. The quantitative estimate of drug-likeness (QED) is 0.515. The van der Waals surface area contributed by atoms with Gasteiger partial charge in [-0.05, 0) is 37.6 Å². The SMILES string of the molecule is CCCCN(CC)C(=O)CC1CSc2nc3c(cnn3-c3ccc(Cl)cc3)c(=O)n21. The minimum atomic E-state index is -0.184. The maximum atomic E-state index is 13.2. The largest absolute Gasteiger partial charge is 0.343 e. The molecule has 1 aliphatic heterocycles. The Balaban J connectivity index is 1.65. The molecule has 3 heterocycles. The second-order valence-electron chi connectivity index (χ2n) is 7.34. The van der Waals surface area contributed by atoms with Gasteiger partial charge in [-0.15, -0.1) is 0 Å². The molecule has 4 rings (SSSR count). The van der Waals surface area contributed by atoms with Crippen molar-refractivity contribution in [1.82, 2.24) is 24.2 Å². The van der Waals surface area contributed by atoms with Crippen molar-refractivity contribution in [3.63, 3.8) is 0 Å². The molecule has 0 fully saturated rings. The highest BCUT2D eigenvalue weighted by molar-refractivity contribution is 7.99. The van der Waals surface area contributed by atoms with Crippen LogP contribution in [0.3, 0.4) is 0 Å². The monoisotopic (exact) mass is 445 g/mol. The van der Waals surface area contributed by atoms with Crippen LogP contribution in [0.1, 0.15) is 39.2 Å². The summed E-state index contributed by atoms with van der Waals surface area (Å²) < 4.78 is 3.32. The maximum absolute atomic E-state index is 13.2. The zero-order valence-corrected chi connectivity index (χ0v) is 18.6. The van der Waals surface area contributed by atoms with Gasteiger partial charge in [-0.25, -0.2) is 9.67 Å². The number of carbonyl (C=O) groups excluding carboxylic acids is 1. The summed E-state index contributed by atoms with van der Waals surface area (Å²) in [4.78, 5) is 32.6. The Bertz CT molecular complexity index is 1120. The van der Waals surface area contributed by atoms with Crippen LogP contribution in [0.15, 0.2) is 40.4 Å². The summed E-state index contributed by atoms with van der Waals surface area (Å²) in [6, 6.07) is 7.05. The molecule has 30 heavy (non-hydrogen) atoms. The second kappa shape index (κ2) is 8.81. The third-order valence-corrected chi connectivity index (χ3v) is 6.72. The van der Waals surface area contributed by atoms with Gasteiger partial charge in [0.15, 0.2) is 10.8 Å². The van der Waals surface area contributed by atoms with Gasteiger partial charge in [-0.1, -0.05) is 36.7 Å². The summed E-state index contributed by atoms with van der Waals surface area (Å²) in [6.07, 6.45) is 3.90. The molecule has 0 aliphatic carbocycles. The van der Waals surface area contributed by atoms with E-state index >= 15 is 0 Å².